The third-order valence-electron chi connectivity index (χ3n) is 4.18. The molecule has 3 rings (SSSR count). The number of non-ortho nitro benzene ring substituents is 1. The van der Waals surface area contributed by atoms with Crippen molar-refractivity contribution in [3.63, 3.8) is 0 Å². The summed E-state index contributed by atoms with van der Waals surface area (Å²) >= 11 is 5.23. The number of nitro groups is 1. The molecular weight excluding hydrogens is 368 g/mol. The Morgan fingerprint density at radius 3 is 2.44 bits per heavy atom. The first kappa shape index (κ1) is 18.6. The summed E-state index contributed by atoms with van der Waals surface area (Å²) in [4.78, 5) is 10.2. The number of hydrogen-bond acceptors (Lipinski definition) is 6. The summed E-state index contributed by atoms with van der Waals surface area (Å²) in [6.45, 7) is 0. The maximum Gasteiger partial charge on any atom is 0.269 e. The molecule has 0 radical (unpaired) electrons. The zero-order valence-corrected chi connectivity index (χ0v) is 15.6. The number of thiocarbonyl (C=S) groups is 1. The fourth-order valence-electron chi connectivity index (χ4n) is 2.84. The lowest BCUT2D eigenvalue weighted by atomic mass is 10.1. The van der Waals surface area contributed by atoms with Crippen molar-refractivity contribution in [3.8, 4) is 11.5 Å². The van der Waals surface area contributed by atoms with E-state index in [1.54, 1.807) is 26.4 Å². The Balaban J connectivity index is 1.69. The maximum atomic E-state index is 10.7. The second kappa shape index (κ2) is 8.00. The van der Waals surface area contributed by atoms with Crippen LogP contribution >= 0.6 is 12.2 Å². The first-order chi connectivity index (χ1) is 13.0. The standard InChI is InChI=1S/C18H18N4O4S/c1-25-16-9-11-3-8-15(14(11)10-17(16)26-2)20-21-18(27)19-12-4-6-13(7-5-12)22(23)24/h4-7,9-10H,3,8H2,1-2H3,(H2,19,21,27)/b20-15+. The Labute approximate surface area is 161 Å². The van der Waals surface area contributed by atoms with Crippen molar-refractivity contribution in [2.75, 3.05) is 19.5 Å². The van der Waals surface area contributed by atoms with Gasteiger partial charge in [0.05, 0.1) is 24.9 Å². The molecule has 140 valence electrons. The van der Waals surface area contributed by atoms with Crippen LogP contribution < -0.4 is 20.2 Å². The van der Waals surface area contributed by atoms with Gasteiger partial charge in [-0.15, -0.1) is 0 Å². The third-order valence-corrected chi connectivity index (χ3v) is 4.37. The lowest BCUT2D eigenvalue weighted by Gasteiger charge is -2.11. The van der Waals surface area contributed by atoms with Crippen molar-refractivity contribution in [2.45, 2.75) is 12.8 Å². The van der Waals surface area contributed by atoms with Crippen LogP contribution in [-0.4, -0.2) is 30.0 Å². The molecule has 0 heterocycles. The number of methoxy groups -OCH3 is 2. The van der Waals surface area contributed by atoms with Crippen LogP contribution in [0.4, 0.5) is 11.4 Å². The number of rotatable bonds is 5. The summed E-state index contributed by atoms with van der Waals surface area (Å²) in [5, 5.41) is 18.3. The Kier molecular flexibility index (Phi) is 5.51. The number of nitrogens with one attached hydrogen (secondary N) is 2. The number of benzene rings is 2. The van der Waals surface area contributed by atoms with Gasteiger partial charge in [0.25, 0.3) is 5.69 Å². The van der Waals surface area contributed by atoms with E-state index in [4.69, 9.17) is 21.7 Å². The SMILES string of the molecule is COc1cc2c(cc1OC)/C(=N/NC(=S)Nc1ccc([N+](=O)[O-])cc1)CC2. The summed E-state index contributed by atoms with van der Waals surface area (Å²) in [5.41, 5.74) is 6.49. The van der Waals surface area contributed by atoms with Crippen LogP contribution in [0.3, 0.4) is 0 Å². The average Bonchev–Trinajstić information content (AvgIpc) is 3.07. The second-order valence-corrected chi connectivity index (χ2v) is 6.20. The maximum absolute atomic E-state index is 10.7. The van der Waals surface area contributed by atoms with Crippen LogP contribution in [0.25, 0.3) is 0 Å². The molecule has 0 fully saturated rings. The molecule has 0 spiro atoms. The molecule has 0 bridgehead atoms. The molecule has 0 saturated heterocycles. The Morgan fingerprint density at radius 1 is 1.15 bits per heavy atom. The van der Waals surface area contributed by atoms with Gasteiger partial charge in [0, 0.05) is 23.4 Å². The van der Waals surface area contributed by atoms with Gasteiger partial charge in [-0.2, -0.15) is 5.10 Å². The van der Waals surface area contributed by atoms with Gasteiger partial charge in [-0.05, 0) is 54.9 Å². The van der Waals surface area contributed by atoms with Gasteiger partial charge < -0.3 is 14.8 Å². The molecule has 8 nitrogen and oxygen atoms in total. The monoisotopic (exact) mass is 386 g/mol. The Hall–Kier alpha value is -3.20. The highest BCUT2D eigenvalue weighted by atomic mass is 32.1. The van der Waals surface area contributed by atoms with E-state index in [9.17, 15) is 10.1 Å². The minimum Gasteiger partial charge on any atom is -0.493 e. The van der Waals surface area contributed by atoms with Gasteiger partial charge in [-0.3, -0.25) is 15.5 Å². The van der Waals surface area contributed by atoms with E-state index in [0.29, 0.717) is 22.3 Å². The predicted molar refractivity (Wildman–Crippen MR) is 107 cm³/mol. The average molecular weight is 386 g/mol. The van der Waals surface area contributed by atoms with E-state index < -0.39 is 4.92 Å². The molecule has 0 amide bonds. The summed E-state index contributed by atoms with van der Waals surface area (Å²) in [7, 11) is 3.20. The van der Waals surface area contributed by atoms with Gasteiger partial charge in [0.15, 0.2) is 16.6 Å². The molecule has 1 aliphatic rings. The number of nitro benzene ring substituents is 1. The van der Waals surface area contributed by atoms with Gasteiger partial charge >= 0.3 is 0 Å². The quantitative estimate of drug-likeness (QED) is 0.462. The van der Waals surface area contributed by atoms with Crippen molar-refractivity contribution < 1.29 is 14.4 Å². The van der Waals surface area contributed by atoms with Crippen LogP contribution in [0, 0.1) is 10.1 Å². The van der Waals surface area contributed by atoms with Crippen LogP contribution in [0.1, 0.15) is 17.5 Å². The van der Waals surface area contributed by atoms with E-state index in [1.807, 2.05) is 12.1 Å². The number of hydrazone groups is 1. The zero-order chi connectivity index (χ0) is 19.4. The molecule has 0 atom stereocenters. The van der Waals surface area contributed by atoms with E-state index in [1.165, 1.54) is 12.1 Å². The van der Waals surface area contributed by atoms with E-state index in [-0.39, 0.29) is 5.69 Å². The van der Waals surface area contributed by atoms with Crippen LogP contribution in [-0.2, 0) is 6.42 Å². The lowest BCUT2D eigenvalue weighted by molar-refractivity contribution is -0.384. The highest BCUT2D eigenvalue weighted by molar-refractivity contribution is 7.80. The number of hydrogen-bond donors (Lipinski definition) is 2. The molecule has 27 heavy (non-hydrogen) atoms. The first-order valence-electron chi connectivity index (χ1n) is 8.15. The van der Waals surface area contributed by atoms with Crippen LogP contribution in [0.15, 0.2) is 41.5 Å². The fraction of sp³-hybridized carbons (Fsp3) is 0.222. The van der Waals surface area contributed by atoms with Gasteiger partial charge in [0.1, 0.15) is 0 Å². The minimum absolute atomic E-state index is 0.0200. The van der Waals surface area contributed by atoms with E-state index in [2.05, 4.69) is 15.8 Å². The van der Waals surface area contributed by atoms with Gasteiger partial charge in [-0.1, -0.05) is 0 Å². The molecule has 2 N–H and O–H groups in total. The van der Waals surface area contributed by atoms with Gasteiger partial charge in [0.2, 0.25) is 0 Å². The van der Waals surface area contributed by atoms with Crippen molar-refractivity contribution in [1.82, 2.24) is 5.43 Å². The topological polar surface area (TPSA) is 98.0 Å². The fourth-order valence-corrected chi connectivity index (χ4v) is 3.01. The number of anilines is 1. The highest BCUT2D eigenvalue weighted by Gasteiger charge is 2.21. The normalized spacial score (nSPS) is 13.8. The molecule has 0 aromatic heterocycles. The molecule has 0 unspecified atom stereocenters. The van der Waals surface area contributed by atoms with E-state index >= 15 is 0 Å². The van der Waals surface area contributed by atoms with Crippen molar-refractivity contribution in [2.24, 2.45) is 5.10 Å². The molecule has 0 aliphatic heterocycles. The number of nitrogens with zero attached hydrogens (tertiary/aromatic N) is 2. The van der Waals surface area contributed by atoms with Crippen LogP contribution in [0.2, 0.25) is 0 Å². The highest BCUT2D eigenvalue weighted by Crippen LogP contribution is 2.34. The second-order valence-electron chi connectivity index (χ2n) is 5.79. The number of fused-ring (bicyclic) bond motifs is 1. The van der Waals surface area contributed by atoms with Crippen molar-refractivity contribution in [3.05, 3.63) is 57.6 Å². The number of ether oxygens (including phenoxy) is 2. The summed E-state index contributed by atoms with van der Waals surface area (Å²) in [6.07, 6.45) is 1.64. The van der Waals surface area contributed by atoms with E-state index in [0.717, 1.165) is 29.7 Å². The third kappa shape index (κ3) is 4.14. The summed E-state index contributed by atoms with van der Waals surface area (Å²) in [6, 6.07) is 9.86. The molecule has 0 saturated carbocycles. The lowest BCUT2D eigenvalue weighted by Crippen LogP contribution is -2.25. The number of aryl methyl sites for hydroxylation is 1. The molecule has 2 aromatic rings. The summed E-state index contributed by atoms with van der Waals surface area (Å²) < 4.78 is 10.7. The van der Waals surface area contributed by atoms with Crippen molar-refractivity contribution >= 4 is 34.4 Å². The zero-order valence-electron chi connectivity index (χ0n) is 14.8. The first-order valence-corrected chi connectivity index (χ1v) is 8.56. The Morgan fingerprint density at radius 2 is 1.81 bits per heavy atom. The van der Waals surface area contributed by atoms with Crippen molar-refractivity contribution in [1.29, 1.82) is 0 Å². The molecule has 9 heteroatoms. The minimum atomic E-state index is -0.451. The largest absolute Gasteiger partial charge is 0.493 e. The predicted octanol–water partition coefficient (Wildman–Crippen LogP) is 3.25. The van der Waals surface area contributed by atoms with Gasteiger partial charge in [-0.25, -0.2) is 0 Å². The van der Waals surface area contributed by atoms with Crippen LogP contribution in [0.5, 0.6) is 11.5 Å². The molecule has 2 aromatic carbocycles. The smallest absolute Gasteiger partial charge is 0.269 e. The molecular formula is C18H18N4O4S. The summed E-state index contributed by atoms with van der Waals surface area (Å²) in [5.74, 6) is 1.35. The molecule has 1 aliphatic carbocycles. The Bertz CT molecular complexity index is 912.